The molecular formula is C22H24KN6O4. The molecule has 167 valence electrons. The number of fused-ring (bicyclic) bond motifs is 3. The van der Waals surface area contributed by atoms with E-state index in [1.54, 1.807) is 13.3 Å². The summed E-state index contributed by atoms with van der Waals surface area (Å²) in [4.78, 5) is 25.1. The zero-order valence-electron chi connectivity index (χ0n) is 19.0. The number of anilines is 3. The average Bonchev–Trinajstić information content (AvgIpc) is 3.25. The molecule has 3 heterocycles. The molecule has 5 rings (SSSR count). The van der Waals surface area contributed by atoms with Crippen LogP contribution in [-0.4, -0.2) is 123 Å². The van der Waals surface area contributed by atoms with Gasteiger partial charge in [0.25, 0.3) is 0 Å². The van der Waals surface area contributed by atoms with Crippen LogP contribution in [-0.2, 0) is 12.8 Å². The van der Waals surface area contributed by atoms with Crippen LogP contribution < -0.4 is 15.0 Å². The summed E-state index contributed by atoms with van der Waals surface area (Å²) in [7, 11) is 3.77. The van der Waals surface area contributed by atoms with Gasteiger partial charge < -0.3 is 29.5 Å². The molecule has 0 spiro atoms. The van der Waals surface area contributed by atoms with Crippen LogP contribution in [0, 0.1) is 0 Å². The number of hydrogen-bond acceptors (Lipinski definition) is 9. The number of benzene rings is 1. The monoisotopic (exact) mass is 475 g/mol. The van der Waals surface area contributed by atoms with E-state index in [9.17, 15) is 9.90 Å². The molecule has 1 aromatic carbocycles. The summed E-state index contributed by atoms with van der Waals surface area (Å²) in [6, 6.07) is 6.03. The van der Waals surface area contributed by atoms with E-state index in [1.807, 2.05) is 12.1 Å². The number of rotatable bonds is 5. The topological polar surface area (TPSA) is 117 Å². The second-order valence-electron chi connectivity index (χ2n) is 8.01. The van der Waals surface area contributed by atoms with Gasteiger partial charge in [-0.05, 0) is 32.0 Å². The third kappa shape index (κ3) is 4.79. The van der Waals surface area contributed by atoms with Crippen LogP contribution in [0.3, 0.4) is 0 Å². The molecule has 2 aromatic heterocycles. The summed E-state index contributed by atoms with van der Waals surface area (Å²) in [5, 5.41) is 16.3. The predicted molar refractivity (Wildman–Crippen MR) is 124 cm³/mol. The van der Waals surface area contributed by atoms with Crippen molar-refractivity contribution in [1.29, 1.82) is 0 Å². The van der Waals surface area contributed by atoms with Gasteiger partial charge in [-0.25, -0.2) is 14.8 Å². The molecule has 1 fully saturated rings. The Balaban J connectivity index is 0.00000259. The second-order valence-corrected chi connectivity index (χ2v) is 8.01. The van der Waals surface area contributed by atoms with Crippen molar-refractivity contribution in [3.05, 3.63) is 41.2 Å². The molecule has 0 unspecified atom stereocenters. The normalized spacial score (nSPS) is 15.3. The molecule has 11 heteroatoms. The Morgan fingerprint density at radius 2 is 2.00 bits per heavy atom. The van der Waals surface area contributed by atoms with Crippen LogP contribution in [0.1, 0.15) is 21.6 Å². The molecule has 1 saturated heterocycles. The number of piperazine rings is 1. The summed E-state index contributed by atoms with van der Waals surface area (Å²) < 4.78 is 11.0. The number of carboxylic acid groups (broad SMARTS) is 1. The Morgan fingerprint density at radius 3 is 2.73 bits per heavy atom. The first-order valence-corrected chi connectivity index (χ1v) is 10.5. The van der Waals surface area contributed by atoms with Gasteiger partial charge in [0.2, 0.25) is 5.95 Å². The van der Waals surface area contributed by atoms with Crippen LogP contribution in [0.5, 0.6) is 5.75 Å². The van der Waals surface area contributed by atoms with Gasteiger partial charge in [0.15, 0.2) is 11.5 Å². The summed E-state index contributed by atoms with van der Waals surface area (Å²) in [5.41, 5.74) is 3.83. The van der Waals surface area contributed by atoms with E-state index in [0.29, 0.717) is 41.6 Å². The smallest absolute Gasteiger partial charge is 0.358 e. The van der Waals surface area contributed by atoms with Gasteiger partial charge in [-0.15, -0.1) is 0 Å². The number of aryl methyl sites for hydroxylation is 1. The van der Waals surface area contributed by atoms with Crippen molar-refractivity contribution in [3.8, 4) is 17.2 Å². The van der Waals surface area contributed by atoms with E-state index in [0.717, 1.165) is 43.1 Å². The zero-order valence-corrected chi connectivity index (χ0v) is 22.1. The molecule has 0 bridgehead atoms. The summed E-state index contributed by atoms with van der Waals surface area (Å²) in [5.74, 6) is 0.356. The molecule has 1 radical (unpaired) electrons. The maximum atomic E-state index is 11.4. The summed E-state index contributed by atoms with van der Waals surface area (Å²) in [6.07, 6.45) is 2.90. The number of nitrogens with one attached hydrogen (secondary N) is 1. The molecule has 0 saturated carbocycles. The summed E-state index contributed by atoms with van der Waals surface area (Å²) >= 11 is 0. The van der Waals surface area contributed by atoms with E-state index >= 15 is 0 Å². The Kier molecular flexibility index (Phi) is 7.36. The van der Waals surface area contributed by atoms with Gasteiger partial charge in [-0.1, -0.05) is 5.16 Å². The minimum atomic E-state index is -1.10. The molecule has 1 aliphatic heterocycles. The fraction of sp³-hybridized carbons (Fsp3) is 0.364. The largest absolute Gasteiger partial charge is 0.494 e. The van der Waals surface area contributed by atoms with Crippen molar-refractivity contribution in [2.75, 3.05) is 50.6 Å². The van der Waals surface area contributed by atoms with Gasteiger partial charge in [-0.3, -0.25) is 0 Å². The third-order valence-corrected chi connectivity index (χ3v) is 6.01. The van der Waals surface area contributed by atoms with E-state index < -0.39 is 5.97 Å². The predicted octanol–water partition coefficient (Wildman–Crippen LogP) is 2.05. The standard InChI is InChI=1S/C22H24N6O4.K/c1-27-7-9-28(10-8-27)14-4-6-16(17(11-14)31-2)24-22-23-12-13-3-5-15-19(21(29)30)26-32-20(15)18(13)25-22;/h4,6,11-12H,3,5,7-10H2,1-2H3,(H,29,30)(H,23,24,25);. The first-order valence-electron chi connectivity index (χ1n) is 10.5. The Bertz CT molecular complexity index is 1180. The van der Waals surface area contributed by atoms with Gasteiger partial charge in [0.1, 0.15) is 11.4 Å². The van der Waals surface area contributed by atoms with Gasteiger partial charge in [-0.2, -0.15) is 0 Å². The van der Waals surface area contributed by atoms with Crippen molar-refractivity contribution < 1.29 is 19.2 Å². The van der Waals surface area contributed by atoms with Crippen molar-refractivity contribution in [3.63, 3.8) is 0 Å². The molecule has 1 aliphatic carbocycles. The number of ether oxygens (including phenoxy) is 1. The minimum Gasteiger partial charge on any atom is -0.494 e. The molecule has 3 aromatic rings. The van der Waals surface area contributed by atoms with Crippen LogP contribution in [0.15, 0.2) is 28.9 Å². The van der Waals surface area contributed by atoms with Crippen molar-refractivity contribution in [1.82, 2.24) is 20.0 Å². The van der Waals surface area contributed by atoms with Crippen molar-refractivity contribution in [2.24, 2.45) is 0 Å². The zero-order chi connectivity index (χ0) is 22.2. The van der Waals surface area contributed by atoms with Gasteiger partial charge in [0, 0.05) is 107 Å². The number of carboxylic acids is 1. The van der Waals surface area contributed by atoms with Crippen molar-refractivity contribution >= 4 is 74.7 Å². The van der Waals surface area contributed by atoms with Crippen LogP contribution in [0.4, 0.5) is 17.3 Å². The van der Waals surface area contributed by atoms with E-state index in [2.05, 4.69) is 43.4 Å². The SMILES string of the molecule is COc1cc(N2CCN(C)CC2)ccc1Nc1ncc2c(n1)-c1onc(C(=O)O)c1CC2.[K]. The first kappa shape index (κ1) is 24.1. The minimum absolute atomic E-state index is 0. The molecular weight excluding hydrogens is 451 g/mol. The van der Waals surface area contributed by atoms with E-state index in [-0.39, 0.29) is 57.1 Å². The number of hydrogen-bond donors (Lipinski definition) is 2. The molecule has 0 amide bonds. The first-order chi connectivity index (χ1) is 15.5. The molecule has 33 heavy (non-hydrogen) atoms. The number of methoxy groups -OCH3 is 1. The van der Waals surface area contributed by atoms with Gasteiger partial charge in [0.05, 0.1) is 12.8 Å². The Labute approximate surface area is 233 Å². The number of carbonyl (C=O) groups is 1. The molecule has 2 N–H and O–H groups in total. The third-order valence-electron chi connectivity index (χ3n) is 6.01. The van der Waals surface area contributed by atoms with E-state index in [4.69, 9.17) is 9.26 Å². The van der Waals surface area contributed by atoms with Crippen LogP contribution >= 0.6 is 0 Å². The summed E-state index contributed by atoms with van der Waals surface area (Å²) in [6.45, 7) is 3.99. The molecule has 2 aliphatic rings. The van der Waals surface area contributed by atoms with E-state index in [1.165, 1.54) is 0 Å². The quantitative estimate of drug-likeness (QED) is 0.531. The number of likely N-dealkylation sites (N-methyl/N-ethyl adjacent to an activating group) is 1. The van der Waals surface area contributed by atoms with Gasteiger partial charge >= 0.3 is 5.97 Å². The fourth-order valence-electron chi connectivity index (χ4n) is 4.17. The maximum absolute atomic E-state index is 11.4. The average molecular weight is 476 g/mol. The number of aromatic carboxylic acids is 1. The number of aromatic nitrogens is 3. The molecule has 0 atom stereocenters. The maximum Gasteiger partial charge on any atom is 0.358 e. The second kappa shape index (κ2) is 10.1. The van der Waals surface area contributed by atoms with Crippen LogP contribution in [0.2, 0.25) is 0 Å². The van der Waals surface area contributed by atoms with Crippen LogP contribution in [0.25, 0.3) is 11.5 Å². The fourth-order valence-corrected chi connectivity index (χ4v) is 4.17. The Hall–Kier alpha value is -2.02. The number of nitrogens with zero attached hydrogens (tertiary/aromatic N) is 5. The Morgan fingerprint density at radius 1 is 1.21 bits per heavy atom. The molecule has 10 nitrogen and oxygen atoms in total. The van der Waals surface area contributed by atoms with Crippen molar-refractivity contribution in [2.45, 2.75) is 12.8 Å².